The van der Waals surface area contributed by atoms with Crippen molar-refractivity contribution in [3.63, 3.8) is 0 Å². The highest BCUT2D eigenvalue weighted by molar-refractivity contribution is 6.45. The summed E-state index contributed by atoms with van der Waals surface area (Å²) in [4.78, 5) is 35.5. The number of halogens is 1. The van der Waals surface area contributed by atoms with Gasteiger partial charge in [-0.2, -0.15) is 0 Å². The largest absolute Gasteiger partial charge is 0.460 e. The Bertz CT molecular complexity index is 994. The molecule has 0 radical (unpaired) electrons. The Morgan fingerprint density at radius 3 is 2.57 bits per heavy atom. The molecule has 144 valence electrons. The summed E-state index contributed by atoms with van der Waals surface area (Å²) in [7, 11) is 0. The van der Waals surface area contributed by atoms with Crippen LogP contribution in [0.25, 0.3) is 10.9 Å². The van der Waals surface area contributed by atoms with Gasteiger partial charge >= 0.3 is 6.01 Å². The average molecular weight is 382 g/mol. The number of fused-ring (bicyclic) bond motifs is 1. The monoisotopic (exact) mass is 382 g/mol. The number of nitrogens with zero attached hydrogens (tertiary/aromatic N) is 2. The highest BCUT2D eigenvalue weighted by Crippen LogP contribution is 2.23. The van der Waals surface area contributed by atoms with Crippen molar-refractivity contribution in [1.29, 1.82) is 0 Å². The number of nitrogens with one attached hydrogen (secondary N) is 2. The second kappa shape index (κ2) is 7.75. The van der Waals surface area contributed by atoms with Crippen LogP contribution in [-0.4, -0.2) is 38.8 Å². The van der Waals surface area contributed by atoms with Gasteiger partial charge in [-0.1, -0.05) is 18.2 Å². The maximum atomic E-state index is 12.8. The van der Waals surface area contributed by atoms with Gasteiger partial charge in [0.1, 0.15) is 6.10 Å². The van der Waals surface area contributed by atoms with Crippen LogP contribution >= 0.6 is 0 Å². The fourth-order valence-corrected chi connectivity index (χ4v) is 3.47. The van der Waals surface area contributed by atoms with E-state index in [2.05, 4.69) is 20.3 Å². The van der Waals surface area contributed by atoms with E-state index in [1.807, 2.05) is 24.3 Å². The standard InChI is InChI=1S/C20H19FN4O3/c21-12-9-23-20(24-10-12)28-14-7-5-13(6-8-14)25-19(27)18(26)16-11-22-17-4-2-1-3-15(16)17/h1-4,9-11,13-14,22H,5-8H2,(H,25,27). The molecule has 0 unspecified atom stereocenters. The Labute approximate surface area is 160 Å². The molecule has 0 spiro atoms. The van der Waals surface area contributed by atoms with Crippen molar-refractivity contribution >= 4 is 22.6 Å². The quantitative estimate of drug-likeness (QED) is 0.522. The molecule has 0 bridgehead atoms. The molecule has 0 saturated heterocycles. The maximum absolute atomic E-state index is 12.8. The first kappa shape index (κ1) is 18.1. The molecule has 2 N–H and O–H groups in total. The van der Waals surface area contributed by atoms with Crippen LogP contribution in [-0.2, 0) is 4.79 Å². The summed E-state index contributed by atoms with van der Waals surface area (Å²) < 4.78 is 18.5. The van der Waals surface area contributed by atoms with E-state index in [0.29, 0.717) is 31.2 Å². The zero-order valence-corrected chi connectivity index (χ0v) is 15.0. The van der Waals surface area contributed by atoms with E-state index in [0.717, 1.165) is 23.3 Å². The molecule has 28 heavy (non-hydrogen) atoms. The molecular formula is C20H19FN4O3. The van der Waals surface area contributed by atoms with Gasteiger partial charge in [-0.05, 0) is 31.7 Å². The number of H-pyrrole nitrogens is 1. The van der Waals surface area contributed by atoms with E-state index < -0.39 is 17.5 Å². The van der Waals surface area contributed by atoms with E-state index in [4.69, 9.17) is 4.74 Å². The lowest BCUT2D eigenvalue weighted by Gasteiger charge is -2.28. The average Bonchev–Trinajstić information content (AvgIpc) is 3.14. The number of ketones is 1. The highest BCUT2D eigenvalue weighted by atomic mass is 19.1. The predicted molar refractivity (Wildman–Crippen MR) is 99.4 cm³/mol. The number of carbonyl (C=O) groups is 2. The van der Waals surface area contributed by atoms with Gasteiger partial charge in [0, 0.05) is 23.1 Å². The first-order chi connectivity index (χ1) is 13.6. The Balaban J connectivity index is 1.31. The van der Waals surface area contributed by atoms with E-state index in [1.165, 1.54) is 0 Å². The van der Waals surface area contributed by atoms with Crippen molar-refractivity contribution in [3.05, 3.63) is 54.2 Å². The van der Waals surface area contributed by atoms with Gasteiger partial charge < -0.3 is 15.0 Å². The Hall–Kier alpha value is -3.29. The second-order valence-electron chi connectivity index (χ2n) is 6.83. The van der Waals surface area contributed by atoms with Gasteiger partial charge in [0.2, 0.25) is 0 Å². The van der Waals surface area contributed by atoms with Crippen LogP contribution < -0.4 is 10.1 Å². The Morgan fingerprint density at radius 2 is 1.82 bits per heavy atom. The maximum Gasteiger partial charge on any atom is 0.316 e. The molecule has 1 aliphatic rings. The molecule has 2 aromatic heterocycles. The molecule has 1 aromatic carbocycles. The van der Waals surface area contributed by atoms with Crippen molar-refractivity contribution in [2.45, 2.75) is 37.8 Å². The number of para-hydroxylation sites is 1. The molecule has 7 nitrogen and oxygen atoms in total. The number of benzene rings is 1. The number of Topliss-reactive ketones (excluding diaryl/α,β-unsaturated/α-hetero) is 1. The minimum Gasteiger partial charge on any atom is -0.460 e. The summed E-state index contributed by atoms with van der Waals surface area (Å²) >= 11 is 0. The summed E-state index contributed by atoms with van der Waals surface area (Å²) in [5.74, 6) is -1.66. The van der Waals surface area contributed by atoms with Crippen LogP contribution in [0.4, 0.5) is 4.39 Å². The molecule has 1 aliphatic carbocycles. The van der Waals surface area contributed by atoms with Gasteiger partial charge in [0.15, 0.2) is 5.82 Å². The lowest BCUT2D eigenvalue weighted by Crippen LogP contribution is -2.42. The molecule has 1 amide bonds. The minimum atomic E-state index is -0.601. The zero-order chi connectivity index (χ0) is 19.5. The van der Waals surface area contributed by atoms with Crippen LogP contribution in [0.5, 0.6) is 6.01 Å². The SMILES string of the molecule is O=C(NC1CCC(Oc2ncc(F)cn2)CC1)C(=O)c1c[nH]c2ccccc12. The van der Waals surface area contributed by atoms with Crippen molar-refractivity contribution in [1.82, 2.24) is 20.3 Å². The first-order valence-corrected chi connectivity index (χ1v) is 9.15. The molecule has 0 aliphatic heterocycles. The fourth-order valence-electron chi connectivity index (χ4n) is 3.47. The highest BCUT2D eigenvalue weighted by Gasteiger charge is 2.27. The van der Waals surface area contributed by atoms with Gasteiger partial charge in [-0.15, -0.1) is 0 Å². The summed E-state index contributed by atoms with van der Waals surface area (Å²) in [5.41, 5.74) is 1.19. The molecule has 1 fully saturated rings. The number of carbonyl (C=O) groups excluding carboxylic acids is 2. The van der Waals surface area contributed by atoms with Gasteiger partial charge in [-0.25, -0.2) is 14.4 Å². The van der Waals surface area contributed by atoms with Crippen LogP contribution in [0.15, 0.2) is 42.9 Å². The molecular weight excluding hydrogens is 363 g/mol. The summed E-state index contributed by atoms with van der Waals surface area (Å²) in [6.07, 6.45) is 6.33. The minimum absolute atomic E-state index is 0.0874. The smallest absolute Gasteiger partial charge is 0.316 e. The Kier molecular flexibility index (Phi) is 5.01. The predicted octanol–water partition coefficient (Wildman–Crippen LogP) is 2.79. The van der Waals surface area contributed by atoms with E-state index >= 15 is 0 Å². The summed E-state index contributed by atoms with van der Waals surface area (Å²) in [6, 6.07) is 7.42. The third-order valence-corrected chi connectivity index (χ3v) is 4.92. The molecule has 8 heteroatoms. The number of rotatable bonds is 5. The van der Waals surface area contributed by atoms with Crippen molar-refractivity contribution in [2.24, 2.45) is 0 Å². The number of hydrogen-bond acceptors (Lipinski definition) is 5. The van der Waals surface area contributed by atoms with Crippen molar-refractivity contribution in [3.8, 4) is 6.01 Å². The van der Waals surface area contributed by atoms with Crippen LogP contribution in [0.1, 0.15) is 36.0 Å². The van der Waals surface area contributed by atoms with Crippen LogP contribution in [0.3, 0.4) is 0 Å². The topological polar surface area (TPSA) is 97.0 Å². The normalized spacial score (nSPS) is 19.3. The zero-order valence-electron chi connectivity index (χ0n) is 15.0. The number of hydrogen-bond donors (Lipinski definition) is 2. The Morgan fingerprint density at radius 1 is 1.11 bits per heavy atom. The molecule has 2 heterocycles. The molecule has 1 saturated carbocycles. The van der Waals surface area contributed by atoms with Crippen molar-refractivity contribution < 1.29 is 18.7 Å². The van der Waals surface area contributed by atoms with Gasteiger partial charge in [0.25, 0.3) is 11.7 Å². The molecule has 4 rings (SSSR count). The molecule has 0 atom stereocenters. The number of aromatic nitrogens is 3. The first-order valence-electron chi connectivity index (χ1n) is 9.15. The lowest BCUT2D eigenvalue weighted by molar-refractivity contribution is -0.118. The van der Waals surface area contributed by atoms with E-state index in [9.17, 15) is 14.0 Å². The second-order valence-corrected chi connectivity index (χ2v) is 6.83. The lowest BCUT2D eigenvalue weighted by atomic mass is 9.92. The van der Waals surface area contributed by atoms with E-state index in [-0.39, 0.29) is 18.2 Å². The van der Waals surface area contributed by atoms with Crippen LogP contribution in [0, 0.1) is 5.82 Å². The third kappa shape index (κ3) is 3.85. The van der Waals surface area contributed by atoms with E-state index in [1.54, 1.807) is 6.20 Å². The van der Waals surface area contributed by atoms with Gasteiger partial charge in [0.05, 0.1) is 18.0 Å². The fraction of sp³-hybridized carbons (Fsp3) is 0.300. The van der Waals surface area contributed by atoms with Crippen molar-refractivity contribution in [2.75, 3.05) is 0 Å². The summed E-state index contributed by atoms with van der Waals surface area (Å²) in [5, 5.41) is 3.56. The van der Waals surface area contributed by atoms with Crippen LogP contribution in [0.2, 0.25) is 0 Å². The summed E-state index contributed by atoms with van der Waals surface area (Å²) in [6.45, 7) is 0. The molecule has 3 aromatic rings. The number of ether oxygens (including phenoxy) is 1. The third-order valence-electron chi connectivity index (χ3n) is 4.92. The number of aromatic amines is 1. The number of amides is 1. The van der Waals surface area contributed by atoms with Gasteiger partial charge in [-0.3, -0.25) is 9.59 Å².